The first kappa shape index (κ1) is 14.3. The number of hydrogen-bond donors (Lipinski definition) is 1. The van der Waals surface area contributed by atoms with E-state index in [1.54, 1.807) is 11.3 Å². The van der Waals surface area contributed by atoms with Crippen molar-refractivity contribution in [2.45, 2.75) is 39.3 Å². The maximum Gasteiger partial charge on any atom is 0.243 e. The van der Waals surface area contributed by atoms with E-state index < -0.39 is 0 Å². The highest BCUT2D eigenvalue weighted by Gasteiger charge is 2.51. The maximum atomic E-state index is 12.3. The highest BCUT2D eigenvalue weighted by Crippen LogP contribution is 2.40. The molecule has 1 saturated heterocycles. The van der Waals surface area contributed by atoms with Crippen molar-refractivity contribution in [3.63, 3.8) is 0 Å². The molecule has 1 fully saturated rings. The van der Waals surface area contributed by atoms with Gasteiger partial charge in [0.1, 0.15) is 11.8 Å². The van der Waals surface area contributed by atoms with Gasteiger partial charge >= 0.3 is 0 Å². The lowest BCUT2D eigenvalue weighted by Crippen LogP contribution is -3.15. The van der Waals surface area contributed by atoms with Crippen molar-refractivity contribution < 1.29 is 14.1 Å². The minimum absolute atomic E-state index is 0.0651. The van der Waals surface area contributed by atoms with Gasteiger partial charge in [-0.15, -0.1) is 0 Å². The van der Waals surface area contributed by atoms with E-state index in [0.717, 1.165) is 18.0 Å². The number of nitrogens with zero attached hydrogens (tertiary/aromatic N) is 2. The van der Waals surface area contributed by atoms with Crippen LogP contribution in [0.2, 0.25) is 0 Å². The summed E-state index contributed by atoms with van der Waals surface area (Å²) in [6.45, 7) is 7.40. The molecular formula is C16H24N3O2+. The number of fused-ring (bicyclic) bond motifs is 1. The fraction of sp³-hybridized carbons (Fsp3) is 0.625. The number of rotatable bonds is 2. The van der Waals surface area contributed by atoms with E-state index in [0.29, 0.717) is 18.4 Å². The molecule has 3 heterocycles. The van der Waals surface area contributed by atoms with Gasteiger partial charge < -0.3 is 9.32 Å². The summed E-state index contributed by atoms with van der Waals surface area (Å²) in [5.74, 6) is 1.55. The van der Waals surface area contributed by atoms with Crippen LogP contribution in [0.1, 0.15) is 39.0 Å². The third-order valence-corrected chi connectivity index (χ3v) is 5.01. The number of hydrogen-bond acceptors (Lipinski definition) is 3. The van der Waals surface area contributed by atoms with Gasteiger partial charge in [0.25, 0.3) is 0 Å². The zero-order valence-corrected chi connectivity index (χ0v) is 13.2. The Bertz CT molecular complexity index is 552. The lowest BCUT2D eigenvalue weighted by molar-refractivity contribution is -0.912. The zero-order chi connectivity index (χ0) is 15.1. The predicted molar refractivity (Wildman–Crippen MR) is 79.9 cm³/mol. The number of carbonyl (C=O) groups is 1. The van der Waals surface area contributed by atoms with Crippen LogP contribution in [0.15, 0.2) is 27.9 Å². The number of nitrogens with one attached hydrogen (secondary N) is 1. The molecule has 5 heteroatoms. The van der Waals surface area contributed by atoms with Crippen molar-refractivity contribution in [2.75, 3.05) is 13.6 Å². The summed E-state index contributed by atoms with van der Waals surface area (Å²) in [7, 11) is 2.22. The largest absolute Gasteiger partial charge is 0.467 e. The monoisotopic (exact) mass is 290 g/mol. The Balaban J connectivity index is 2.04. The van der Waals surface area contributed by atoms with Crippen LogP contribution in [0.5, 0.6) is 0 Å². The zero-order valence-electron chi connectivity index (χ0n) is 13.2. The molecule has 114 valence electrons. The Labute approximate surface area is 125 Å². The third-order valence-electron chi connectivity index (χ3n) is 5.01. The Morgan fingerprint density at radius 3 is 2.90 bits per heavy atom. The molecule has 21 heavy (non-hydrogen) atoms. The van der Waals surface area contributed by atoms with Crippen molar-refractivity contribution in [3.05, 3.63) is 24.2 Å². The van der Waals surface area contributed by atoms with Crippen LogP contribution in [0.25, 0.3) is 0 Å². The molecule has 5 nitrogen and oxygen atoms in total. The van der Waals surface area contributed by atoms with E-state index in [1.165, 1.54) is 4.90 Å². The fourth-order valence-electron chi connectivity index (χ4n) is 3.73. The maximum absolute atomic E-state index is 12.3. The van der Waals surface area contributed by atoms with E-state index in [9.17, 15) is 4.79 Å². The van der Waals surface area contributed by atoms with Crippen LogP contribution in [-0.4, -0.2) is 36.3 Å². The molecule has 0 aromatic carbocycles. The number of piperidine rings is 1. The Kier molecular flexibility index (Phi) is 3.61. The molecule has 1 amide bonds. The molecule has 0 saturated carbocycles. The van der Waals surface area contributed by atoms with Crippen molar-refractivity contribution >= 4 is 11.6 Å². The molecule has 5 atom stereocenters. The van der Waals surface area contributed by atoms with Crippen LogP contribution in [0, 0.1) is 11.8 Å². The van der Waals surface area contributed by atoms with Crippen molar-refractivity contribution in [1.29, 1.82) is 0 Å². The average Bonchev–Trinajstić information content (AvgIpc) is 3.10. The summed E-state index contributed by atoms with van der Waals surface area (Å²) in [6.07, 6.45) is 2.14. The first-order valence-corrected chi connectivity index (χ1v) is 7.80. The Morgan fingerprint density at radius 2 is 2.29 bits per heavy atom. The Morgan fingerprint density at radius 1 is 1.52 bits per heavy atom. The highest BCUT2D eigenvalue weighted by atomic mass is 16.3. The molecule has 1 aromatic heterocycles. The normalized spacial score (nSPS) is 35.5. The van der Waals surface area contributed by atoms with Gasteiger partial charge in [0.15, 0.2) is 0 Å². The van der Waals surface area contributed by atoms with Crippen molar-refractivity contribution in [1.82, 2.24) is 5.01 Å². The molecule has 2 aliphatic heterocycles. The molecule has 0 bridgehead atoms. The second kappa shape index (κ2) is 5.30. The first-order valence-electron chi connectivity index (χ1n) is 7.80. The van der Waals surface area contributed by atoms with E-state index in [-0.39, 0.29) is 17.9 Å². The fourth-order valence-corrected chi connectivity index (χ4v) is 3.73. The summed E-state index contributed by atoms with van der Waals surface area (Å²) in [4.78, 5) is 13.8. The number of amides is 1. The minimum Gasteiger partial charge on any atom is -0.467 e. The molecule has 0 radical (unpaired) electrons. The smallest absolute Gasteiger partial charge is 0.243 e. The summed E-state index contributed by atoms with van der Waals surface area (Å²) in [5, 5.41) is 6.38. The molecule has 3 rings (SSSR count). The van der Waals surface area contributed by atoms with E-state index in [4.69, 9.17) is 9.52 Å². The lowest BCUT2D eigenvalue weighted by Gasteiger charge is -2.38. The average molecular weight is 290 g/mol. The highest BCUT2D eigenvalue weighted by molar-refractivity contribution is 5.94. The first-order chi connectivity index (χ1) is 10.0. The quantitative estimate of drug-likeness (QED) is 0.886. The molecule has 1 aromatic rings. The number of furan rings is 1. The molecular weight excluding hydrogens is 266 g/mol. The van der Waals surface area contributed by atoms with Gasteiger partial charge in [-0.05, 0) is 19.1 Å². The lowest BCUT2D eigenvalue weighted by atomic mass is 9.78. The van der Waals surface area contributed by atoms with Crippen molar-refractivity contribution in [3.8, 4) is 0 Å². The molecule has 0 aliphatic carbocycles. The summed E-state index contributed by atoms with van der Waals surface area (Å²) >= 11 is 0. The van der Waals surface area contributed by atoms with E-state index in [2.05, 4.69) is 20.9 Å². The summed E-state index contributed by atoms with van der Waals surface area (Å²) in [5.41, 5.74) is 1.16. The number of quaternary nitrogens is 1. The van der Waals surface area contributed by atoms with Gasteiger partial charge in [-0.1, -0.05) is 13.8 Å². The third kappa shape index (κ3) is 2.20. The minimum atomic E-state index is -0.0878. The molecule has 0 spiro atoms. The molecule has 2 aliphatic rings. The standard InChI is InChI=1S/C16H23N3O2/c1-5-13(20)19-16(12-7-6-8-21-12)14-11(3)18(4)9-10(2)15(14)17-19/h6-8,10-11,14,16H,5,9H2,1-4H3/p+1/t10-,11-,14+,16-/m0/s1. The van der Waals surface area contributed by atoms with Gasteiger partial charge in [0.05, 0.1) is 37.5 Å². The van der Waals surface area contributed by atoms with Crippen LogP contribution in [0.3, 0.4) is 0 Å². The van der Waals surface area contributed by atoms with Gasteiger partial charge in [-0.3, -0.25) is 4.79 Å². The van der Waals surface area contributed by atoms with Gasteiger partial charge in [-0.2, -0.15) is 5.10 Å². The van der Waals surface area contributed by atoms with Crippen molar-refractivity contribution in [2.24, 2.45) is 16.9 Å². The SMILES string of the molecule is CCC(=O)N1N=C2[C@H]([C@@H]1c1ccco1)[C@H](C)[NH+](C)C[C@@H]2C. The van der Waals surface area contributed by atoms with Crippen LogP contribution in [0.4, 0.5) is 0 Å². The van der Waals surface area contributed by atoms with Gasteiger partial charge in [-0.25, -0.2) is 5.01 Å². The number of carbonyl (C=O) groups excluding carboxylic acids is 1. The summed E-state index contributed by atoms with van der Waals surface area (Å²) in [6, 6.07) is 4.18. The van der Waals surface area contributed by atoms with E-state index in [1.807, 2.05) is 19.1 Å². The number of likely N-dealkylation sites (tertiary alicyclic amines) is 1. The molecule has 1 N–H and O–H groups in total. The van der Waals surface area contributed by atoms with Gasteiger partial charge in [0.2, 0.25) is 5.91 Å². The second-order valence-corrected chi connectivity index (χ2v) is 6.34. The van der Waals surface area contributed by atoms with Crippen LogP contribution >= 0.6 is 0 Å². The summed E-state index contributed by atoms with van der Waals surface area (Å²) < 4.78 is 5.63. The van der Waals surface area contributed by atoms with Crippen LogP contribution < -0.4 is 4.90 Å². The topological polar surface area (TPSA) is 50.2 Å². The van der Waals surface area contributed by atoms with Gasteiger partial charge in [0, 0.05) is 12.3 Å². The van der Waals surface area contributed by atoms with Crippen LogP contribution in [-0.2, 0) is 4.79 Å². The second-order valence-electron chi connectivity index (χ2n) is 6.34. The predicted octanol–water partition coefficient (Wildman–Crippen LogP) is 1.10. The Hall–Kier alpha value is -1.62. The van der Waals surface area contributed by atoms with E-state index >= 15 is 0 Å². The molecule has 1 unspecified atom stereocenters. The number of hydrazone groups is 1.